The van der Waals surface area contributed by atoms with Crippen LogP contribution in [0.5, 0.6) is 0 Å². The van der Waals surface area contributed by atoms with Gasteiger partial charge in [-0.3, -0.25) is 5.01 Å². The van der Waals surface area contributed by atoms with Crippen molar-refractivity contribution < 1.29 is 4.74 Å². The zero-order chi connectivity index (χ0) is 11.1. The standard InChI is InChI=1S/C12H24N2O/c1-4-6-11(2)9-13-14-8-5-7-12(14)10-15-3/h9,11-12H,4-8,10H2,1-3H3/b13-9+/t11-,12+/m1/s1. The first kappa shape index (κ1) is 12.5. The topological polar surface area (TPSA) is 24.8 Å². The molecule has 15 heavy (non-hydrogen) atoms. The maximum Gasteiger partial charge on any atom is 0.0704 e. The second-order valence-electron chi connectivity index (χ2n) is 4.44. The van der Waals surface area contributed by atoms with Gasteiger partial charge in [-0.05, 0) is 25.2 Å². The van der Waals surface area contributed by atoms with Crippen molar-refractivity contribution in [3.63, 3.8) is 0 Å². The van der Waals surface area contributed by atoms with Crippen molar-refractivity contribution in [3.05, 3.63) is 0 Å². The zero-order valence-corrected chi connectivity index (χ0v) is 10.3. The lowest BCUT2D eigenvalue weighted by molar-refractivity contribution is 0.118. The minimum absolute atomic E-state index is 0.500. The number of nitrogens with zero attached hydrogens (tertiary/aromatic N) is 2. The molecule has 3 heteroatoms. The summed E-state index contributed by atoms with van der Waals surface area (Å²) in [6, 6.07) is 0.500. The summed E-state index contributed by atoms with van der Waals surface area (Å²) < 4.78 is 5.19. The molecule has 1 aliphatic rings. The van der Waals surface area contributed by atoms with E-state index in [0.717, 1.165) is 13.2 Å². The van der Waals surface area contributed by atoms with Crippen molar-refractivity contribution in [1.29, 1.82) is 0 Å². The summed E-state index contributed by atoms with van der Waals surface area (Å²) in [5.41, 5.74) is 0. The Bertz CT molecular complexity index is 194. The van der Waals surface area contributed by atoms with Crippen LogP contribution in [0, 0.1) is 5.92 Å². The fraction of sp³-hybridized carbons (Fsp3) is 0.917. The largest absolute Gasteiger partial charge is 0.382 e. The quantitative estimate of drug-likeness (QED) is 0.632. The second kappa shape index (κ2) is 6.83. The van der Waals surface area contributed by atoms with Crippen LogP contribution in [-0.2, 0) is 4.74 Å². The number of hydrazone groups is 1. The maximum atomic E-state index is 5.19. The van der Waals surface area contributed by atoms with Crippen molar-refractivity contribution in [2.75, 3.05) is 20.3 Å². The minimum atomic E-state index is 0.500. The van der Waals surface area contributed by atoms with E-state index in [-0.39, 0.29) is 0 Å². The van der Waals surface area contributed by atoms with Crippen molar-refractivity contribution in [1.82, 2.24) is 5.01 Å². The highest BCUT2D eigenvalue weighted by molar-refractivity contribution is 5.59. The average Bonchev–Trinajstić information content (AvgIpc) is 2.64. The molecule has 0 radical (unpaired) electrons. The van der Waals surface area contributed by atoms with Crippen LogP contribution in [0.2, 0.25) is 0 Å². The van der Waals surface area contributed by atoms with E-state index in [1.54, 1.807) is 7.11 Å². The molecule has 1 heterocycles. The fourth-order valence-corrected chi connectivity index (χ4v) is 2.06. The Hall–Kier alpha value is -0.570. The summed E-state index contributed by atoms with van der Waals surface area (Å²) in [4.78, 5) is 0. The number of hydrogen-bond acceptors (Lipinski definition) is 3. The molecule has 0 N–H and O–H groups in total. The molecule has 1 aliphatic heterocycles. The van der Waals surface area contributed by atoms with Gasteiger partial charge >= 0.3 is 0 Å². The van der Waals surface area contributed by atoms with Crippen LogP contribution in [0.25, 0.3) is 0 Å². The average molecular weight is 212 g/mol. The smallest absolute Gasteiger partial charge is 0.0704 e. The fourth-order valence-electron chi connectivity index (χ4n) is 2.06. The van der Waals surface area contributed by atoms with E-state index in [9.17, 15) is 0 Å². The Morgan fingerprint density at radius 1 is 1.60 bits per heavy atom. The summed E-state index contributed by atoms with van der Waals surface area (Å²) in [6.07, 6.45) is 7.01. The molecule has 0 aromatic rings. The van der Waals surface area contributed by atoms with Gasteiger partial charge in [-0.25, -0.2) is 0 Å². The minimum Gasteiger partial charge on any atom is -0.382 e. The van der Waals surface area contributed by atoms with Gasteiger partial charge in [0, 0.05) is 19.9 Å². The van der Waals surface area contributed by atoms with Crippen LogP contribution in [0.15, 0.2) is 5.10 Å². The van der Waals surface area contributed by atoms with Gasteiger partial charge in [-0.15, -0.1) is 0 Å². The molecule has 0 amide bonds. The SMILES string of the molecule is CCC[C@@H](C)/C=N/N1CCC[C@H]1COC. The number of ether oxygens (including phenoxy) is 1. The van der Waals surface area contributed by atoms with Crippen LogP contribution >= 0.6 is 0 Å². The van der Waals surface area contributed by atoms with Crippen molar-refractivity contribution in [3.8, 4) is 0 Å². The molecule has 0 bridgehead atoms. The first-order valence-corrected chi connectivity index (χ1v) is 6.07. The molecule has 2 atom stereocenters. The predicted molar refractivity (Wildman–Crippen MR) is 64.2 cm³/mol. The first-order chi connectivity index (χ1) is 7.27. The number of methoxy groups -OCH3 is 1. The Morgan fingerprint density at radius 3 is 3.07 bits per heavy atom. The first-order valence-electron chi connectivity index (χ1n) is 6.07. The number of hydrogen-bond donors (Lipinski definition) is 0. The van der Waals surface area contributed by atoms with Gasteiger partial charge in [0.25, 0.3) is 0 Å². The molecule has 0 saturated carbocycles. The molecule has 0 unspecified atom stereocenters. The lowest BCUT2D eigenvalue weighted by Gasteiger charge is -2.20. The van der Waals surface area contributed by atoms with E-state index < -0.39 is 0 Å². The molecule has 0 aromatic heterocycles. The molecular formula is C12H24N2O. The lowest BCUT2D eigenvalue weighted by atomic mass is 10.1. The third kappa shape index (κ3) is 4.20. The molecule has 1 saturated heterocycles. The highest BCUT2D eigenvalue weighted by atomic mass is 16.5. The van der Waals surface area contributed by atoms with Crippen LogP contribution in [-0.4, -0.2) is 37.5 Å². The summed E-state index contributed by atoms with van der Waals surface area (Å²) in [5.74, 6) is 0.596. The van der Waals surface area contributed by atoms with Crippen molar-refractivity contribution in [2.45, 2.75) is 45.6 Å². The van der Waals surface area contributed by atoms with Crippen molar-refractivity contribution in [2.24, 2.45) is 11.0 Å². The molecular weight excluding hydrogens is 188 g/mol. The van der Waals surface area contributed by atoms with Gasteiger partial charge in [0.05, 0.1) is 12.6 Å². The van der Waals surface area contributed by atoms with Crippen LogP contribution < -0.4 is 0 Å². The van der Waals surface area contributed by atoms with Crippen molar-refractivity contribution >= 4 is 6.21 Å². The molecule has 88 valence electrons. The van der Waals surface area contributed by atoms with Gasteiger partial charge in [0.1, 0.15) is 0 Å². The van der Waals surface area contributed by atoms with E-state index >= 15 is 0 Å². The van der Waals surface area contributed by atoms with Crippen LogP contribution in [0.3, 0.4) is 0 Å². The highest BCUT2D eigenvalue weighted by Crippen LogP contribution is 2.17. The normalized spacial score (nSPS) is 23.9. The third-order valence-corrected chi connectivity index (χ3v) is 2.92. The molecule has 1 rings (SSSR count). The molecule has 0 aliphatic carbocycles. The van der Waals surface area contributed by atoms with E-state index in [2.05, 4.69) is 30.2 Å². The second-order valence-corrected chi connectivity index (χ2v) is 4.44. The van der Waals surface area contributed by atoms with Gasteiger partial charge in [-0.1, -0.05) is 20.3 Å². The van der Waals surface area contributed by atoms with Gasteiger partial charge < -0.3 is 4.74 Å². The van der Waals surface area contributed by atoms with Gasteiger partial charge in [-0.2, -0.15) is 5.10 Å². The molecule has 3 nitrogen and oxygen atoms in total. The Kier molecular flexibility index (Phi) is 5.69. The zero-order valence-electron chi connectivity index (χ0n) is 10.3. The Morgan fingerprint density at radius 2 is 2.40 bits per heavy atom. The van der Waals surface area contributed by atoms with E-state index in [0.29, 0.717) is 12.0 Å². The Labute approximate surface area is 93.5 Å². The maximum absolute atomic E-state index is 5.19. The van der Waals surface area contributed by atoms with Crippen LogP contribution in [0.1, 0.15) is 39.5 Å². The molecule has 0 spiro atoms. The molecule has 1 fully saturated rings. The van der Waals surface area contributed by atoms with Crippen LogP contribution in [0.4, 0.5) is 0 Å². The third-order valence-electron chi connectivity index (χ3n) is 2.92. The summed E-state index contributed by atoms with van der Waals surface area (Å²) >= 11 is 0. The number of rotatable bonds is 6. The van der Waals surface area contributed by atoms with Gasteiger partial charge in [0.2, 0.25) is 0 Å². The summed E-state index contributed by atoms with van der Waals surface area (Å²) in [5, 5.41) is 6.76. The lowest BCUT2D eigenvalue weighted by Crippen LogP contribution is -2.28. The summed E-state index contributed by atoms with van der Waals surface area (Å²) in [6.45, 7) is 6.34. The summed E-state index contributed by atoms with van der Waals surface area (Å²) in [7, 11) is 1.76. The van der Waals surface area contributed by atoms with E-state index in [4.69, 9.17) is 4.74 Å². The predicted octanol–water partition coefficient (Wildman–Crippen LogP) is 2.52. The van der Waals surface area contributed by atoms with Gasteiger partial charge in [0.15, 0.2) is 0 Å². The highest BCUT2D eigenvalue weighted by Gasteiger charge is 2.22. The Balaban J connectivity index is 2.35. The van der Waals surface area contributed by atoms with E-state index in [1.807, 2.05) is 0 Å². The van der Waals surface area contributed by atoms with E-state index in [1.165, 1.54) is 25.7 Å². The molecule has 0 aromatic carbocycles. The monoisotopic (exact) mass is 212 g/mol.